The highest BCUT2D eigenvalue weighted by Crippen LogP contribution is 2.24. The van der Waals surface area contributed by atoms with Crippen molar-refractivity contribution in [3.05, 3.63) is 72.8 Å². The number of phenolic OH excluding ortho intramolecular Hbond substituents is 1. The lowest BCUT2D eigenvalue weighted by Gasteiger charge is -2.10. The number of phenols is 1. The summed E-state index contributed by atoms with van der Waals surface area (Å²) in [5.74, 6) is -0.294. The second-order valence-corrected chi connectivity index (χ2v) is 5.73. The van der Waals surface area contributed by atoms with Crippen molar-refractivity contribution in [2.24, 2.45) is 0 Å². The molecule has 8 heteroatoms. The van der Waals surface area contributed by atoms with Crippen molar-refractivity contribution in [1.29, 1.82) is 0 Å². The number of benzene rings is 2. The molecule has 0 unspecified atom stereocenters. The van der Waals surface area contributed by atoms with Crippen molar-refractivity contribution in [3.63, 3.8) is 0 Å². The molecule has 0 amide bonds. The van der Waals surface area contributed by atoms with Crippen LogP contribution in [-0.2, 0) is 0 Å². The molecule has 0 atom stereocenters. The Morgan fingerprint density at radius 3 is 2.56 bits per heavy atom. The first kappa shape index (κ1) is 16.5. The van der Waals surface area contributed by atoms with Gasteiger partial charge in [-0.1, -0.05) is 18.2 Å². The van der Waals surface area contributed by atoms with Crippen LogP contribution in [-0.4, -0.2) is 25.3 Å². The molecule has 134 valence electrons. The lowest BCUT2D eigenvalue weighted by atomic mass is 10.1. The summed E-state index contributed by atoms with van der Waals surface area (Å²) < 4.78 is 14.1. The minimum atomic E-state index is -0.603. The maximum atomic E-state index is 14.1. The number of aromatic amines is 1. The SMILES string of the molecule is Oc1cccc(Nc2nc(Nc3cccc(-c4cc[nH]n4)c3)ncc2F)c1. The van der Waals surface area contributed by atoms with Crippen LogP contribution in [0.15, 0.2) is 67.0 Å². The Bertz CT molecular complexity index is 1070. The van der Waals surface area contributed by atoms with Crippen molar-refractivity contribution >= 4 is 23.1 Å². The van der Waals surface area contributed by atoms with Gasteiger partial charge in [-0.05, 0) is 30.3 Å². The molecule has 0 fully saturated rings. The number of rotatable bonds is 5. The van der Waals surface area contributed by atoms with Gasteiger partial charge in [0, 0.05) is 29.2 Å². The van der Waals surface area contributed by atoms with E-state index in [-0.39, 0.29) is 17.5 Å². The first-order valence-electron chi connectivity index (χ1n) is 8.13. The molecule has 0 radical (unpaired) electrons. The van der Waals surface area contributed by atoms with Gasteiger partial charge in [-0.3, -0.25) is 5.10 Å². The smallest absolute Gasteiger partial charge is 0.229 e. The van der Waals surface area contributed by atoms with Crippen molar-refractivity contribution in [3.8, 4) is 17.0 Å². The van der Waals surface area contributed by atoms with Crippen molar-refractivity contribution in [2.45, 2.75) is 0 Å². The van der Waals surface area contributed by atoms with Gasteiger partial charge in [0.1, 0.15) is 5.75 Å². The summed E-state index contributed by atoms with van der Waals surface area (Å²) in [5.41, 5.74) is 2.98. The number of halogens is 1. The molecule has 4 rings (SSSR count). The molecule has 0 spiro atoms. The predicted octanol–water partition coefficient (Wildman–Crippen LogP) is 4.20. The first-order chi connectivity index (χ1) is 13.2. The van der Waals surface area contributed by atoms with E-state index in [1.165, 1.54) is 12.1 Å². The van der Waals surface area contributed by atoms with Crippen LogP contribution in [0.5, 0.6) is 5.75 Å². The van der Waals surface area contributed by atoms with Gasteiger partial charge in [0.15, 0.2) is 11.6 Å². The Kier molecular flexibility index (Phi) is 4.36. The summed E-state index contributed by atoms with van der Waals surface area (Å²) in [6, 6.07) is 15.8. The third-order valence-electron chi connectivity index (χ3n) is 3.77. The number of H-pyrrole nitrogens is 1. The van der Waals surface area contributed by atoms with E-state index >= 15 is 0 Å². The fourth-order valence-electron chi connectivity index (χ4n) is 2.54. The van der Waals surface area contributed by atoms with Gasteiger partial charge in [-0.25, -0.2) is 9.37 Å². The molecule has 2 aromatic carbocycles. The number of nitrogens with zero attached hydrogens (tertiary/aromatic N) is 3. The number of hydrogen-bond acceptors (Lipinski definition) is 6. The predicted molar refractivity (Wildman–Crippen MR) is 101 cm³/mol. The molecule has 0 aliphatic rings. The van der Waals surface area contributed by atoms with Crippen LogP contribution in [0.2, 0.25) is 0 Å². The Balaban J connectivity index is 1.57. The number of aromatic hydroxyl groups is 1. The van der Waals surface area contributed by atoms with Gasteiger partial charge in [-0.2, -0.15) is 10.1 Å². The van der Waals surface area contributed by atoms with Crippen LogP contribution < -0.4 is 10.6 Å². The highest BCUT2D eigenvalue weighted by molar-refractivity contribution is 5.67. The van der Waals surface area contributed by atoms with Crippen LogP contribution in [0, 0.1) is 5.82 Å². The van der Waals surface area contributed by atoms with Gasteiger partial charge in [0.2, 0.25) is 5.95 Å². The maximum Gasteiger partial charge on any atom is 0.229 e. The lowest BCUT2D eigenvalue weighted by Crippen LogP contribution is -2.03. The molecule has 0 saturated carbocycles. The van der Waals surface area contributed by atoms with Crippen LogP contribution in [0.25, 0.3) is 11.3 Å². The lowest BCUT2D eigenvalue weighted by molar-refractivity contribution is 0.475. The topological polar surface area (TPSA) is 98.8 Å². The van der Waals surface area contributed by atoms with E-state index in [1.54, 1.807) is 18.3 Å². The highest BCUT2D eigenvalue weighted by atomic mass is 19.1. The number of nitrogens with one attached hydrogen (secondary N) is 3. The number of hydrogen-bond donors (Lipinski definition) is 4. The molecule has 2 heterocycles. The Hall–Kier alpha value is -3.94. The van der Waals surface area contributed by atoms with E-state index in [9.17, 15) is 9.50 Å². The monoisotopic (exact) mass is 362 g/mol. The molecule has 2 aromatic heterocycles. The standard InChI is InChI=1S/C19H15FN6O/c20-16-11-21-19(25-18(16)23-14-5-2-6-15(27)10-14)24-13-4-1-3-12(9-13)17-7-8-22-26-17/h1-11,27H,(H,22,26)(H2,21,23,24,25). The summed E-state index contributed by atoms with van der Waals surface area (Å²) in [4.78, 5) is 8.15. The highest BCUT2D eigenvalue weighted by Gasteiger charge is 2.09. The molecule has 27 heavy (non-hydrogen) atoms. The van der Waals surface area contributed by atoms with Crippen molar-refractivity contribution in [1.82, 2.24) is 20.2 Å². The Morgan fingerprint density at radius 1 is 0.963 bits per heavy atom. The van der Waals surface area contributed by atoms with E-state index in [1.807, 2.05) is 30.3 Å². The van der Waals surface area contributed by atoms with Gasteiger partial charge in [0.05, 0.1) is 11.9 Å². The van der Waals surface area contributed by atoms with Gasteiger partial charge in [0.25, 0.3) is 0 Å². The zero-order valence-electron chi connectivity index (χ0n) is 14.0. The summed E-state index contributed by atoms with van der Waals surface area (Å²) in [6.07, 6.45) is 2.83. The molecule has 4 aromatic rings. The number of anilines is 4. The molecule has 0 bridgehead atoms. The second kappa shape index (κ2) is 7.12. The average Bonchev–Trinajstić information content (AvgIpc) is 3.20. The zero-order chi connectivity index (χ0) is 18.6. The Morgan fingerprint density at radius 2 is 1.78 bits per heavy atom. The molecule has 7 nitrogen and oxygen atoms in total. The van der Waals surface area contributed by atoms with Gasteiger partial charge in [-0.15, -0.1) is 0 Å². The fraction of sp³-hybridized carbons (Fsp3) is 0. The summed E-state index contributed by atoms with van der Waals surface area (Å²) in [6.45, 7) is 0. The van der Waals surface area contributed by atoms with E-state index < -0.39 is 5.82 Å². The average molecular weight is 362 g/mol. The van der Waals surface area contributed by atoms with Gasteiger partial charge < -0.3 is 15.7 Å². The minimum Gasteiger partial charge on any atom is -0.508 e. The van der Waals surface area contributed by atoms with Crippen LogP contribution in [0.4, 0.5) is 27.5 Å². The first-order valence-corrected chi connectivity index (χ1v) is 8.13. The largest absolute Gasteiger partial charge is 0.508 e. The third kappa shape index (κ3) is 3.84. The normalized spacial score (nSPS) is 10.6. The maximum absolute atomic E-state index is 14.1. The van der Waals surface area contributed by atoms with E-state index in [0.29, 0.717) is 5.69 Å². The molecular formula is C19H15FN6O. The molecule has 0 saturated heterocycles. The fourth-order valence-corrected chi connectivity index (χ4v) is 2.54. The minimum absolute atomic E-state index is 0.00144. The molecule has 0 aliphatic carbocycles. The summed E-state index contributed by atoms with van der Waals surface area (Å²) in [7, 11) is 0. The molecule has 4 N–H and O–H groups in total. The van der Waals surface area contributed by atoms with Crippen molar-refractivity contribution < 1.29 is 9.50 Å². The number of aromatic nitrogens is 4. The molecular weight excluding hydrogens is 347 g/mol. The van der Waals surface area contributed by atoms with Crippen LogP contribution >= 0.6 is 0 Å². The van der Waals surface area contributed by atoms with Crippen LogP contribution in [0.3, 0.4) is 0 Å². The Labute approximate surface area is 153 Å². The van der Waals surface area contributed by atoms with Crippen LogP contribution in [0.1, 0.15) is 0 Å². The third-order valence-corrected chi connectivity index (χ3v) is 3.77. The van der Waals surface area contributed by atoms with E-state index in [4.69, 9.17) is 0 Å². The van der Waals surface area contributed by atoms with E-state index in [2.05, 4.69) is 30.8 Å². The summed E-state index contributed by atoms with van der Waals surface area (Å²) >= 11 is 0. The summed E-state index contributed by atoms with van der Waals surface area (Å²) in [5, 5.41) is 22.3. The van der Waals surface area contributed by atoms with E-state index in [0.717, 1.165) is 23.1 Å². The quantitative estimate of drug-likeness (QED) is 0.425. The zero-order valence-corrected chi connectivity index (χ0v) is 14.0. The second-order valence-electron chi connectivity index (χ2n) is 5.73. The van der Waals surface area contributed by atoms with Gasteiger partial charge >= 0.3 is 0 Å². The van der Waals surface area contributed by atoms with Crippen molar-refractivity contribution in [2.75, 3.05) is 10.6 Å². The molecule has 0 aliphatic heterocycles.